The lowest BCUT2D eigenvalue weighted by Gasteiger charge is -2.02. The third-order valence-electron chi connectivity index (χ3n) is 2.18. The summed E-state index contributed by atoms with van der Waals surface area (Å²) in [4.78, 5) is 8.56. The van der Waals surface area contributed by atoms with Gasteiger partial charge in [-0.1, -0.05) is 19.1 Å². The Hall–Kier alpha value is -1.90. The van der Waals surface area contributed by atoms with Crippen LogP contribution < -0.4 is 0 Å². The number of aromatic nitrogens is 2. The van der Waals surface area contributed by atoms with Crippen LogP contribution >= 0.6 is 0 Å². The highest BCUT2D eigenvalue weighted by Crippen LogP contribution is 2.19. The Morgan fingerprint density at radius 2 is 2.13 bits per heavy atom. The first kappa shape index (κ1) is 9.65. The average Bonchev–Trinajstić information content (AvgIpc) is 2.29. The Morgan fingerprint density at radius 1 is 1.27 bits per heavy atom. The molecule has 0 spiro atoms. The number of hydrogen-bond acceptors (Lipinski definition) is 3. The van der Waals surface area contributed by atoms with Crippen molar-refractivity contribution < 1.29 is 5.11 Å². The second-order valence-electron chi connectivity index (χ2n) is 3.28. The zero-order valence-corrected chi connectivity index (χ0v) is 8.51. The van der Waals surface area contributed by atoms with E-state index in [9.17, 15) is 5.11 Å². The molecule has 1 aromatic heterocycles. The maximum absolute atomic E-state index is 9.35. The molecule has 0 bridgehead atoms. The highest BCUT2D eigenvalue weighted by Gasteiger charge is 2.02. The predicted molar refractivity (Wildman–Crippen MR) is 58.5 cm³/mol. The van der Waals surface area contributed by atoms with E-state index in [0.717, 1.165) is 17.7 Å². The Balaban J connectivity index is 2.44. The van der Waals surface area contributed by atoms with E-state index in [1.54, 1.807) is 24.4 Å². The molecule has 1 aromatic carbocycles. The van der Waals surface area contributed by atoms with Crippen molar-refractivity contribution in [1.29, 1.82) is 0 Å². The van der Waals surface area contributed by atoms with Gasteiger partial charge in [-0.15, -0.1) is 0 Å². The van der Waals surface area contributed by atoms with Gasteiger partial charge in [0.15, 0.2) is 5.82 Å². The molecule has 0 aliphatic heterocycles. The van der Waals surface area contributed by atoms with Crippen molar-refractivity contribution in [3.63, 3.8) is 0 Å². The summed E-state index contributed by atoms with van der Waals surface area (Å²) >= 11 is 0. The highest BCUT2D eigenvalue weighted by atomic mass is 16.3. The largest absolute Gasteiger partial charge is 0.508 e. The molecule has 76 valence electrons. The SMILES string of the molecule is CCc1ccnc(-c2cccc(O)c2)n1. The van der Waals surface area contributed by atoms with Gasteiger partial charge in [0.25, 0.3) is 0 Å². The molecule has 0 atom stereocenters. The Labute approximate surface area is 88.5 Å². The number of phenols is 1. The number of benzene rings is 1. The molecule has 0 unspecified atom stereocenters. The summed E-state index contributed by atoms with van der Waals surface area (Å²) in [6, 6.07) is 8.86. The summed E-state index contributed by atoms with van der Waals surface area (Å²) in [6.07, 6.45) is 2.62. The molecule has 0 saturated heterocycles. The number of rotatable bonds is 2. The lowest BCUT2D eigenvalue weighted by Crippen LogP contribution is -1.92. The zero-order chi connectivity index (χ0) is 10.7. The Morgan fingerprint density at radius 3 is 2.87 bits per heavy atom. The van der Waals surface area contributed by atoms with Gasteiger partial charge in [-0.25, -0.2) is 9.97 Å². The standard InChI is InChI=1S/C12H12N2O/c1-2-10-6-7-13-12(14-10)9-4-3-5-11(15)8-9/h3-8,15H,2H2,1H3. The van der Waals surface area contributed by atoms with Gasteiger partial charge in [0.1, 0.15) is 5.75 Å². The summed E-state index contributed by atoms with van der Waals surface area (Å²) in [7, 11) is 0. The Bertz CT molecular complexity index is 469. The maximum atomic E-state index is 9.35. The van der Waals surface area contributed by atoms with Crippen LogP contribution in [0.4, 0.5) is 0 Å². The maximum Gasteiger partial charge on any atom is 0.159 e. The van der Waals surface area contributed by atoms with Crippen LogP contribution in [-0.2, 0) is 6.42 Å². The fourth-order valence-electron chi connectivity index (χ4n) is 1.38. The molecule has 0 radical (unpaired) electrons. The topological polar surface area (TPSA) is 46.0 Å². The lowest BCUT2D eigenvalue weighted by atomic mass is 10.2. The van der Waals surface area contributed by atoms with E-state index in [1.807, 2.05) is 12.1 Å². The van der Waals surface area contributed by atoms with E-state index >= 15 is 0 Å². The number of aromatic hydroxyl groups is 1. The third-order valence-corrected chi connectivity index (χ3v) is 2.18. The van der Waals surface area contributed by atoms with Crippen LogP contribution in [0.15, 0.2) is 36.5 Å². The summed E-state index contributed by atoms with van der Waals surface area (Å²) in [5.74, 6) is 0.892. The average molecular weight is 200 g/mol. The lowest BCUT2D eigenvalue weighted by molar-refractivity contribution is 0.475. The van der Waals surface area contributed by atoms with E-state index in [1.165, 1.54) is 0 Å². The van der Waals surface area contributed by atoms with Crippen molar-refractivity contribution in [2.45, 2.75) is 13.3 Å². The van der Waals surface area contributed by atoms with Gasteiger partial charge < -0.3 is 5.11 Å². The van der Waals surface area contributed by atoms with Crippen molar-refractivity contribution in [2.24, 2.45) is 0 Å². The second kappa shape index (κ2) is 4.09. The molecular weight excluding hydrogens is 188 g/mol. The van der Waals surface area contributed by atoms with Crippen LogP contribution in [-0.4, -0.2) is 15.1 Å². The predicted octanol–water partition coefficient (Wildman–Crippen LogP) is 2.41. The van der Waals surface area contributed by atoms with Gasteiger partial charge >= 0.3 is 0 Å². The molecule has 0 saturated carbocycles. The van der Waals surface area contributed by atoms with Gasteiger partial charge in [0.2, 0.25) is 0 Å². The minimum atomic E-state index is 0.234. The van der Waals surface area contributed by atoms with Gasteiger partial charge in [-0.3, -0.25) is 0 Å². The quantitative estimate of drug-likeness (QED) is 0.809. The molecule has 3 nitrogen and oxygen atoms in total. The van der Waals surface area contributed by atoms with Crippen LogP contribution in [0.2, 0.25) is 0 Å². The Kier molecular flexibility index (Phi) is 2.63. The molecule has 2 rings (SSSR count). The summed E-state index contributed by atoms with van der Waals surface area (Å²) < 4.78 is 0. The molecule has 1 heterocycles. The molecule has 0 amide bonds. The van der Waals surface area contributed by atoms with Crippen LogP contribution in [0.5, 0.6) is 5.75 Å². The first-order valence-electron chi connectivity index (χ1n) is 4.91. The van der Waals surface area contributed by atoms with E-state index < -0.39 is 0 Å². The number of hydrogen-bond donors (Lipinski definition) is 1. The minimum Gasteiger partial charge on any atom is -0.508 e. The smallest absolute Gasteiger partial charge is 0.159 e. The van der Waals surface area contributed by atoms with E-state index in [0.29, 0.717) is 5.82 Å². The van der Waals surface area contributed by atoms with Crippen LogP contribution in [0.1, 0.15) is 12.6 Å². The van der Waals surface area contributed by atoms with Gasteiger partial charge in [0, 0.05) is 17.5 Å². The summed E-state index contributed by atoms with van der Waals surface area (Å²) in [5.41, 5.74) is 1.84. The molecule has 2 aromatic rings. The normalized spacial score (nSPS) is 10.2. The first-order valence-corrected chi connectivity index (χ1v) is 4.91. The van der Waals surface area contributed by atoms with Crippen molar-refractivity contribution in [2.75, 3.05) is 0 Å². The number of phenolic OH excluding ortho intramolecular Hbond substituents is 1. The monoisotopic (exact) mass is 200 g/mol. The molecule has 15 heavy (non-hydrogen) atoms. The van der Waals surface area contributed by atoms with Crippen molar-refractivity contribution in [3.05, 3.63) is 42.2 Å². The number of nitrogens with zero attached hydrogens (tertiary/aromatic N) is 2. The van der Waals surface area contributed by atoms with Gasteiger partial charge in [-0.05, 0) is 24.6 Å². The van der Waals surface area contributed by atoms with Crippen LogP contribution in [0.3, 0.4) is 0 Å². The summed E-state index contributed by atoms with van der Waals surface area (Å²) in [5, 5.41) is 9.35. The van der Waals surface area contributed by atoms with E-state index in [-0.39, 0.29) is 5.75 Å². The minimum absolute atomic E-state index is 0.234. The number of aryl methyl sites for hydroxylation is 1. The fourth-order valence-corrected chi connectivity index (χ4v) is 1.38. The molecule has 0 aliphatic rings. The molecule has 0 aliphatic carbocycles. The third kappa shape index (κ3) is 2.13. The molecule has 0 fully saturated rings. The van der Waals surface area contributed by atoms with Crippen molar-refractivity contribution in [1.82, 2.24) is 9.97 Å². The summed E-state index contributed by atoms with van der Waals surface area (Å²) in [6.45, 7) is 2.05. The zero-order valence-electron chi connectivity index (χ0n) is 8.51. The van der Waals surface area contributed by atoms with E-state index in [2.05, 4.69) is 16.9 Å². The fraction of sp³-hybridized carbons (Fsp3) is 0.167. The van der Waals surface area contributed by atoms with Crippen molar-refractivity contribution in [3.8, 4) is 17.1 Å². The van der Waals surface area contributed by atoms with Crippen LogP contribution in [0, 0.1) is 0 Å². The van der Waals surface area contributed by atoms with E-state index in [4.69, 9.17) is 0 Å². The molecule has 3 heteroatoms. The highest BCUT2D eigenvalue weighted by molar-refractivity contribution is 5.57. The van der Waals surface area contributed by atoms with Gasteiger partial charge in [0.05, 0.1) is 0 Å². The second-order valence-corrected chi connectivity index (χ2v) is 3.28. The first-order chi connectivity index (χ1) is 7.29. The molecule has 1 N–H and O–H groups in total. The van der Waals surface area contributed by atoms with Gasteiger partial charge in [-0.2, -0.15) is 0 Å². The molecular formula is C12H12N2O. The van der Waals surface area contributed by atoms with Crippen molar-refractivity contribution >= 4 is 0 Å². The van der Waals surface area contributed by atoms with Crippen LogP contribution in [0.25, 0.3) is 11.4 Å².